The number of hydrogen-bond acceptors (Lipinski definition) is 11. The molecule has 45 heavy (non-hydrogen) atoms. The molecule has 2 heterocycles. The first kappa shape index (κ1) is 32.9. The number of esters is 1. The monoisotopic (exact) mass is 640 g/mol. The number of amides is 1. The Balaban J connectivity index is 1.35. The second kappa shape index (κ2) is 16.7. The largest absolute Gasteiger partial charge is 0.464 e. The van der Waals surface area contributed by atoms with Crippen LogP contribution in [0, 0.1) is 10.1 Å². The number of benzene rings is 2. The van der Waals surface area contributed by atoms with Crippen LogP contribution in [0.1, 0.15) is 49.7 Å². The Bertz CT molecular complexity index is 1560. The van der Waals surface area contributed by atoms with Gasteiger partial charge < -0.3 is 24.2 Å². The fourth-order valence-corrected chi connectivity index (χ4v) is 4.73. The number of carbonyl (C=O) groups is 2. The SMILES string of the molecule is CCCCc1nc(Cl)c(COC(=O)NCCOC(=O)CCCO[N+](=O)[O-])n1Cc1ccc(-c2ccccc2-c2nnn[nH]2)cc1. The number of carbonyl (C=O) groups excluding carboxylic acids is 2. The predicted octanol–water partition coefficient (Wildman–Crippen LogP) is 4.53. The Kier molecular flexibility index (Phi) is 12.2. The molecule has 4 rings (SSSR count). The summed E-state index contributed by atoms with van der Waals surface area (Å²) in [5.74, 6) is 0.816. The normalized spacial score (nSPS) is 10.8. The van der Waals surface area contributed by atoms with Crippen molar-refractivity contribution in [3.63, 3.8) is 0 Å². The van der Waals surface area contributed by atoms with Crippen molar-refractivity contribution in [1.82, 2.24) is 35.5 Å². The number of nitrogens with one attached hydrogen (secondary N) is 2. The van der Waals surface area contributed by atoms with Gasteiger partial charge in [0.15, 0.2) is 11.0 Å². The summed E-state index contributed by atoms with van der Waals surface area (Å²) in [7, 11) is 0. The molecule has 0 aliphatic heterocycles. The van der Waals surface area contributed by atoms with Crippen molar-refractivity contribution in [2.45, 2.75) is 52.2 Å². The van der Waals surface area contributed by atoms with Crippen molar-refractivity contribution < 1.29 is 29.0 Å². The first-order chi connectivity index (χ1) is 21.9. The highest BCUT2D eigenvalue weighted by Gasteiger charge is 2.18. The summed E-state index contributed by atoms with van der Waals surface area (Å²) >= 11 is 6.51. The lowest BCUT2D eigenvalue weighted by Crippen LogP contribution is -2.29. The van der Waals surface area contributed by atoms with Gasteiger partial charge in [0.2, 0.25) is 0 Å². The average molecular weight is 641 g/mol. The van der Waals surface area contributed by atoms with Crippen LogP contribution >= 0.6 is 11.6 Å². The van der Waals surface area contributed by atoms with E-state index in [1.54, 1.807) is 0 Å². The molecule has 1 amide bonds. The zero-order valence-electron chi connectivity index (χ0n) is 24.6. The zero-order chi connectivity index (χ0) is 32.0. The van der Waals surface area contributed by atoms with Gasteiger partial charge in [-0.3, -0.25) is 4.79 Å². The van der Waals surface area contributed by atoms with E-state index in [1.807, 2.05) is 53.1 Å². The van der Waals surface area contributed by atoms with Crippen LogP contribution in [0.15, 0.2) is 48.5 Å². The van der Waals surface area contributed by atoms with E-state index in [2.05, 4.69) is 42.7 Å². The molecule has 0 atom stereocenters. The summed E-state index contributed by atoms with van der Waals surface area (Å²) in [5.41, 5.74) is 4.43. The van der Waals surface area contributed by atoms with Crippen molar-refractivity contribution in [2.24, 2.45) is 0 Å². The molecule has 0 spiro atoms. The number of ether oxygens (including phenoxy) is 2. The fourth-order valence-electron chi connectivity index (χ4n) is 4.47. The minimum atomic E-state index is -0.925. The van der Waals surface area contributed by atoms with Gasteiger partial charge in [-0.05, 0) is 40.0 Å². The Hall–Kier alpha value is -5.05. The molecule has 0 saturated carbocycles. The van der Waals surface area contributed by atoms with Gasteiger partial charge >= 0.3 is 12.1 Å². The van der Waals surface area contributed by atoms with Gasteiger partial charge in [0.25, 0.3) is 5.09 Å². The van der Waals surface area contributed by atoms with E-state index < -0.39 is 17.1 Å². The van der Waals surface area contributed by atoms with Gasteiger partial charge in [-0.25, -0.2) is 14.9 Å². The Labute approximate surface area is 263 Å². The molecule has 15 nitrogen and oxygen atoms in total. The maximum Gasteiger partial charge on any atom is 0.407 e. The highest BCUT2D eigenvalue weighted by Crippen LogP contribution is 2.30. The maximum absolute atomic E-state index is 12.3. The van der Waals surface area contributed by atoms with Gasteiger partial charge in [-0.15, -0.1) is 15.2 Å². The van der Waals surface area contributed by atoms with Gasteiger partial charge in [-0.1, -0.05) is 73.5 Å². The van der Waals surface area contributed by atoms with E-state index in [0.29, 0.717) is 24.5 Å². The minimum Gasteiger partial charge on any atom is -0.464 e. The van der Waals surface area contributed by atoms with Crippen LogP contribution in [0.2, 0.25) is 5.15 Å². The summed E-state index contributed by atoms with van der Waals surface area (Å²) in [5, 5.41) is 26.2. The number of imidazole rings is 1. The van der Waals surface area contributed by atoms with Crippen LogP contribution in [0.4, 0.5) is 4.79 Å². The van der Waals surface area contributed by atoms with Gasteiger partial charge in [0.1, 0.15) is 19.0 Å². The average Bonchev–Trinajstić information content (AvgIpc) is 3.68. The highest BCUT2D eigenvalue weighted by atomic mass is 35.5. The number of rotatable bonds is 17. The van der Waals surface area contributed by atoms with Crippen LogP contribution in [-0.2, 0) is 38.7 Å². The number of hydrogen-bond donors (Lipinski definition) is 2. The van der Waals surface area contributed by atoms with Crippen LogP contribution in [0.25, 0.3) is 22.5 Å². The summed E-state index contributed by atoms with van der Waals surface area (Å²) in [6.45, 7) is 2.18. The molecule has 2 N–H and O–H groups in total. The number of halogens is 1. The van der Waals surface area contributed by atoms with Crippen LogP contribution < -0.4 is 5.32 Å². The zero-order valence-corrected chi connectivity index (χ0v) is 25.4. The second-order valence-electron chi connectivity index (χ2n) is 9.83. The van der Waals surface area contributed by atoms with Crippen LogP contribution in [0.3, 0.4) is 0 Å². The first-order valence-electron chi connectivity index (χ1n) is 14.4. The third-order valence-corrected chi connectivity index (χ3v) is 6.99. The van der Waals surface area contributed by atoms with Crippen LogP contribution in [0.5, 0.6) is 0 Å². The summed E-state index contributed by atoms with van der Waals surface area (Å²) in [4.78, 5) is 42.8. The number of aryl methyl sites for hydroxylation is 1. The van der Waals surface area contributed by atoms with E-state index in [1.165, 1.54) is 0 Å². The topological polar surface area (TPSA) is 189 Å². The number of aromatic amines is 1. The van der Waals surface area contributed by atoms with Crippen molar-refractivity contribution in [3.8, 4) is 22.5 Å². The van der Waals surface area contributed by atoms with Gasteiger partial charge in [0, 0.05) is 24.9 Å². The molecular formula is C29H33ClN8O7. The van der Waals surface area contributed by atoms with E-state index in [-0.39, 0.29) is 44.4 Å². The lowest BCUT2D eigenvalue weighted by molar-refractivity contribution is -0.757. The van der Waals surface area contributed by atoms with E-state index in [4.69, 9.17) is 21.1 Å². The molecular weight excluding hydrogens is 608 g/mol. The minimum absolute atomic E-state index is 0.0210. The molecule has 2 aromatic heterocycles. The molecule has 2 aromatic carbocycles. The summed E-state index contributed by atoms with van der Waals surface area (Å²) in [6, 6.07) is 16.0. The quantitative estimate of drug-likeness (QED) is 0.0713. The number of H-pyrrole nitrogens is 1. The molecule has 0 fully saturated rings. The number of nitrogens with zero attached hydrogens (tertiary/aromatic N) is 6. The molecule has 16 heteroatoms. The smallest absolute Gasteiger partial charge is 0.407 e. The van der Waals surface area contributed by atoms with E-state index in [9.17, 15) is 19.7 Å². The Morgan fingerprint density at radius 2 is 1.84 bits per heavy atom. The summed E-state index contributed by atoms with van der Waals surface area (Å²) in [6.07, 6.45) is 1.99. The van der Waals surface area contributed by atoms with Crippen molar-refractivity contribution >= 4 is 23.7 Å². The van der Waals surface area contributed by atoms with Crippen LogP contribution in [-0.4, -0.2) is 67.1 Å². The molecule has 238 valence electrons. The molecule has 0 aliphatic carbocycles. The van der Waals surface area contributed by atoms with E-state index >= 15 is 0 Å². The molecule has 0 radical (unpaired) electrons. The van der Waals surface area contributed by atoms with Crippen molar-refractivity contribution in [1.29, 1.82) is 0 Å². The third kappa shape index (κ3) is 9.72. The molecule has 0 unspecified atom stereocenters. The van der Waals surface area contributed by atoms with E-state index in [0.717, 1.165) is 40.9 Å². The fraction of sp³-hybridized carbons (Fsp3) is 0.379. The molecule has 0 aliphatic rings. The highest BCUT2D eigenvalue weighted by molar-refractivity contribution is 6.30. The number of aromatic nitrogens is 6. The maximum atomic E-state index is 12.3. The third-order valence-electron chi connectivity index (χ3n) is 6.69. The Morgan fingerprint density at radius 3 is 2.56 bits per heavy atom. The van der Waals surface area contributed by atoms with Gasteiger partial charge in [0.05, 0.1) is 18.8 Å². The Morgan fingerprint density at radius 1 is 1.07 bits per heavy atom. The molecule has 4 aromatic rings. The second-order valence-corrected chi connectivity index (χ2v) is 10.2. The predicted molar refractivity (Wildman–Crippen MR) is 161 cm³/mol. The molecule has 0 saturated heterocycles. The molecule has 0 bridgehead atoms. The number of unbranched alkanes of at least 4 members (excludes halogenated alkanes) is 1. The van der Waals surface area contributed by atoms with Gasteiger partial charge in [-0.2, -0.15) is 0 Å². The number of tetrazole rings is 1. The lowest BCUT2D eigenvalue weighted by atomic mass is 9.98. The summed E-state index contributed by atoms with van der Waals surface area (Å²) < 4.78 is 12.4. The van der Waals surface area contributed by atoms with Crippen molar-refractivity contribution in [2.75, 3.05) is 19.8 Å². The first-order valence-corrected chi connectivity index (χ1v) is 14.7. The van der Waals surface area contributed by atoms with Crippen molar-refractivity contribution in [3.05, 3.63) is 80.9 Å². The lowest BCUT2D eigenvalue weighted by Gasteiger charge is -2.14. The number of alkyl carbamates (subject to hydrolysis) is 1. The standard InChI is InChI=1S/C29H33ClN8O7/c1-2-3-9-25-32-27(30)24(19-44-29(40)31-15-17-43-26(39)10-6-16-45-38(41)42)37(25)18-20-11-13-21(14-12-20)22-7-4-5-8-23(22)28-33-35-36-34-28/h4-5,7-8,11-14H,2-3,6,9-10,15-19H2,1H3,(H,31,40)(H,33,34,35,36).